The molecule has 1 aliphatic rings. The van der Waals surface area contributed by atoms with Gasteiger partial charge in [-0.1, -0.05) is 30.3 Å². The molecule has 1 aliphatic heterocycles. The van der Waals surface area contributed by atoms with Crippen LogP contribution in [0.1, 0.15) is 24.0 Å². The molecule has 1 saturated heterocycles. The number of hydrogen-bond acceptors (Lipinski definition) is 3. The molecular weight excluding hydrogens is 344 g/mol. The molecule has 26 heavy (non-hydrogen) atoms. The number of sulfonamides is 1. The van der Waals surface area contributed by atoms with Crippen molar-refractivity contribution in [2.75, 3.05) is 6.54 Å². The first-order chi connectivity index (χ1) is 12.6. The van der Waals surface area contributed by atoms with E-state index < -0.39 is 10.0 Å². The highest BCUT2D eigenvalue weighted by Crippen LogP contribution is 2.31. The minimum atomic E-state index is -3.55. The van der Waals surface area contributed by atoms with Gasteiger partial charge in [-0.05, 0) is 61.6 Å². The van der Waals surface area contributed by atoms with Crippen molar-refractivity contribution >= 4 is 20.9 Å². The van der Waals surface area contributed by atoms with Gasteiger partial charge in [-0.3, -0.25) is 4.98 Å². The lowest BCUT2D eigenvalue weighted by Crippen LogP contribution is -2.37. The molecule has 5 heteroatoms. The van der Waals surface area contributed by atoms with Gasteiger partial charge < -0.3 is 0 Å². The summed E-state index contributed by atoms with van der Waals surface area (Å²) in [4.78, 5) is 4.66. The minimum absolute atomic E-state index is 0.00743. The van der Waals surface area contributed by atoms with Crippen molar-refractivity contribution in [1.29, 1.82) is 0 Å². The Kier molecular flexibility index (Phi) is 4.51. The van der Waals surface area contributed by atoms with Crippen LogP contribution in [0.5, 0.6) is 0 Å². The first-order valence-electron chi connectivity index (χ1n) is 8.97. The van der Waals surface area contributed by atoms with Crippen molar-refractivity contribution in [2.24, 2.45) is 0 Å². The summed E-state index contributed by atoms with van der Waals surface area (Å²) in [6, 6.07) is 17.2. The fourth-order valence-electron chi connectivity index (χ4n) is 3.85. The summed E-state index contributed by atoms with van der Waals surface area (Å²) in [6.07, 6.45) is 4.25. The van der Waals surface area contributed by atoms with E-state index >= 15 is 0 Å². The molecule has 1 unspecified atom stereocenters. The number of pyridine rings is 1. The molecule has 134 valence electrons. The number of benzene rings is 2. The largest absolute Gasteiger partial charge is 0.256 e. The Morgan fingerprint density at radius 2 is 1.92 bits per heavy atom. The van der Waals surface area contributed by atoms with Crippen molar-refractivity contribution in [3.63, 3.8) is 0 Å². The van der Waals surface area contributed by atoms with E-state index in [0.29, 0.717) is 22.3 Å². The van der Waals surface area contributed by atoms with Gasteiger partial charge in [0.2, 0.25) is 10.0 Å². The lowest BCUT2D eigenvalue weighted by Gasteiger charge is -2.25. The summed E-state index contributed by atoms with van der Waals surface area (Å²) in [7, 11) is -3.55. The summed E-state index contributed by atoms with van der Waals surface area (Å²) < 4.78 is 28.6. The van der Waals surface area contributed by atoms with Crippen LogP contribution in [-0.2, 0) is 16.4 Å². The van der Waals surface area contributed by atoms with Crippen molar-refractivity contribution in [1.82, 2.24) is 9.29 Å². The van der Waals surface area contributed by atoms with Crippen LogP contribution in [0.4, 0.5) is 0 Å². The van der Waals surface area contributed by atoms with Crippen LogP contribution in [0.15, 0.2) is 65.7 Å². The third-order valence-electron chi connectivity index (χ3n) is 5.23. The Bertz CT molecular complexity index is 1040. The second-order valence-corrected chi connectivity index (χ2v) is 8.73. The van der Waals surface area contributed by atoms with E-state index in [2.05, 4.69) is 24.0 Å². The molecular formula is C21H22N2O2S. The van der Waals surface area contributed by atoms with Gasteiger partial charge in [0, 0.05) is 24.2 Å². The Morgan fingerprint density at radius 3 is 2.77 bits per heavy atom. The van der Waals surface area contributed by atoms with E-state index in [1.807, 2.05) is 24.3 Å². The van der Waals surface area contributed by atoms with E-state index in [9.17, 15) is 8.42 Å². The second kappa shape index (κ2) is 6.82. The maximum absolute atomic E-state index is 13.4. The van der Waals surface area contributed by atoms with Gasteiger partial charge in [0.05, 0.1) is 10.4 Å². The molecule has 0 N–H and O–H groups in total. The van der Waals surface area contributed by atoms with Gasteiger partial charge in [-0.2, -0.15) is 4.31 Å². The molecule has 4 rings (SSSR count). The average molecular weight is 366 g/mol. The predicted molar refractivity (Wildman–Crippen MR) is 104 cm³/mol. The summed E-state index contributed by atoms with van der Waals surface area (Å²) >= 11 is 0. The number of rotatable bonds is 4. The monoisotopic (exact) mass is 366 g/mol. The standard InChI is InChI=1S/C21H22N2O2S/c1-16-7-2-3-8-17(16)15-18-9-6-14-23(18)26(24,25)21-12-4-11-20-19(21)10-5-13-22-20/h2-5,7-8,10-13,18H,6,9,14-15H2,1H3. The van der Waals surface area contributed by atoms with Gasteiger partial charge in [0.25, 0.3) is 0 Å². The minimum Gasteiger partial charge on any atom is -0.256 e. The number of nitrogens with zero attached hydrogens (tertiary/aromatic N) is 2. The van der Waals surface area contributed by atoms with Gasteiger partial charge in [-0.25, -0.2) is 8.42 Å². The van der Waals surface area contributed by atoms with E-state index in [0.717, 1.165) is 19.3 Å². The van der Waals surface area contributed by atoms with E-state index in [4.69, 9.17) is 0 Å². The molecule has 0 bridgehead atoms. The summed E-state index contributed by atoms with van der Waals surface area (Å²) in [5.74, 6) is 0. The molecule has 0 aliphatic carbocycles. The maximum Gasteiger partial charge on any atom is 0.244 e. The Morgan fingerprint density at radius 1 is 1.08 bits per heavy atom. The molecule has 0 spiro atoms. The molecule has 1 fully saturated rings. The normalized spacial score (nSPS) is 18.4. The first-order valence-corrected chi connectivity index (χ1v) is 10.4. The lowest BCUT2D eigenvalue weighted by molar-refractivity contribution is 0.385. The number of hydrogen-bond donors (Lipinski definition) is 0. The number of fused-ring (bicyclic) bond motifs is 1. The molecule has 2 aromatic carbocycles. The van der Waals surface area contributed by atoms with Gasteiger partial charge >= 0.3 is 0 Å². The molecule has 2 heterocycles. The maximum atomic E-state index is 13.4. The second-order valence-electron chi connectivity index (χ2n) is 6.87. The van der Waals surface area contributed by atoms with Gasteiger partial charge in [-0.15, -0.1) is 0 Å². The van der Waals surface area contributed by atoms with E-state index in [1.165, 1.54) is 11.1 Å². The first kappa shape index (κ1) is 17.2. The zero-order valence-electron chi connectivity index (χ0n) is 14.8. The molecule has 0 radical (unpaired) electrons. The summed E-state index contributed by atoms with van der Waals surface area (Å²) in [5, 5.41) is 0.691. The molecule has 0 amide bonds. The van der Waals surface area contributed by atoms with E-state index in [1.54, 1.807) is 28.7 Å². The van der Waals surface area contributed by atoms with Crippen LogP contribution in [0.3, 0.4) is 0 Å². The Labute approximate surface area is 154 Å². The average Bonchev–Trinajstić information content (AvgIpc) is 3.12. The quantitative estimate of drug-likeness (QED) is 0.703. The number of aryl methyl sites for hydroxylation is 1. The van der Waals surface area contributed by atoms with E-state index in [-0.39, 0.29) is 6.04 Å². The van der Waals surface area contributed by atoms with Gasteiger partial charge in [0.1, 0.15) is 0 Å². The van der Waals surface area contributed by atoms with Crippen LogP contribution in [0.2, 0.25) is 0 Å². The molecule has 3 aromatic rings. The van der Waals surface area contributed by atoms with Crippen LogP contribution in [-0.4, -0.2) is 30.3 Å². The smallest absolute Gasteiger partial charge is 0.244 e. The summed E-state index contributed by atoms with van der Waals surface area (Å²) in [6.45, 7) is 2.66. The topological polar surface area (TPSA) is 50.3 Å². The highest BCUT2D eigenvalue weighted by atomic mass is 32.2. The van der Waals surface area contributed by atoms with Gasteiger partial charge in [0.15, 0.2) is 0 Å². The highest BCUT2D eigenvalue weighted by molar-refractivity contribution is 7.89. The SMILES string of the molecule is Cc1ccccc1CC1CCCN1S(=O)(=O)c1cccc2ncccc12. The van der Waals surface area contributed by atoms with Crippen LogP contribution in [0.25, 0.3) is 10.9 Å². The predicted octanol–water partition coefficient (Wildman–Crippen LogP) is 3.94. The van der Waals surface area contributed by atoms with Crippen molar-refractivity contribution in [3.8, 4) is 0 Å². The highest BCUT2D eigenvalue weighted by Gasteiger charge is 2.36. The van der Waals surface area contributed by atoms with Crippen LogP contribution < -0.4 is 0 Å². The fourth-order valence-corrected chi connectivity index (χ4v) is 5.74. The molecule has 4 nitrogen and oxygen atoms in total. The third-order valence-corrected chi connectivity index (χ3v) is 7.24. The Hall–Kier alpha value is -2.24. The lowest BCUT2D eigenvalue weighted by atomic mass is 10.0. The van der Waals surface area contributed by atoms with Crippen molar-refractivity contribution in [3.05, 3.63) is 71.9 Å². The number of aromatic nitrogens is 1. The van der Waals surface area contributed by atoms with Crippen LogP contribution in [0, 0.1) is 6.92 Å². The van der Waals surface area contributed by atoms with Crippen LogP contribution >= 0.6 is 0 Å². The van der Waals surface area contributed by atoms with Crippen molar-refractivity contribution in [2.45, 2.75) is 37.1 Å². The zero-order chi connectivity index (χ0) is 18.1. The summed E-state index contributed by atoms with van der Waals surface area (Å²) in [5.41, 5.74) is 3.15. The van der Waals surface area contributed by atoms with Crippen molar-refractivity contribution < 1.29 is 8.42 Å². The zero-order valence-corrected chi connectivity index (χ0v) is 15.6. The molecule has 1 atom stereocenters. The molecule has 0 saturated carbocycles. The Balaban J connectivity index is 1.71. The fraction of sp³-hybridized carbons (Fsp3) is 0.286. The third kappa shape index (κ3) is 3.02. The molecule has 1 aromatic heterocycles.